The van der Waals surface area contributed by atoms with Crippen LogP contribution in [0.4, 0.5) is 0 Å². The lowest BCUT2D eigenvalue weighted by Gasteiger charge is -2.32. The number of benzene rings is 3. The van der Waals surface area contributed by atoms with Crippen LogP contribution in [0.1, 0.15) is 17.2 Å². The van der Waals surface area contributed by atoms with Gasteiger partial charge in [-0.3, -0.25) is 14.5 Å². The van der Waals surface area contributed by atoms with Gasteiger partial charge >= 0.3 is 0 Å². The van der Waals surface area contributed by atoms with E-state index >= 15 is 0 Å². The molecular weight excluding hydrogens is 525 g/mol. The first-order chi connectivity index (χ1) is 18.5. The van der Waals surface area contributed by atoms with Gasteiger partial charge in [-0.05, 0) is 35.4 Å². The van der Waals surface area contributed by atoms with Gasteiger partial charge in [-0.1, -0.05) is 77.8 Å². The van der Waals surface area contributed by atoms with Gasteiger partial charge in [0.05, 0.1) is 18.2 Å². The lowest BCUT2D eigenvalue weighted by molar-refractivity contribution is -0.143. The second-order valence-corrected chi connectivity index (χ2v) is 9.77. The van der Waals surface area contributed by atoms with Gasteiger partial charge in [0.15, 0.2) is 6.61 Å². The molecule has 2 amide bonds. The van der Waals surface area contributed by atoms with Crippen molar-refractivity contribution in [2.45, 2.75) is 12.6 Å². The van der Waals surface area contributed by atoms with Crippen molar-refractivity contribution in [3.63, 3.8) is 0 Å². The van der Waals surface area contributed by atoms with E-state index in [0.717, 1.165) is 18.7 Å². The highest BCUT2D eigenvalue weighted by atomic mass is 35.5. The molecule has 1 aliphatic heterocycles. The molecule has 1 fully saturated rings. The minimum absolute atomic E-state index is 0.193. The second-order valence-electron chi connectivity index (χ2n) is 8.93. The molecule has 3 aromatic carbocycles. The first kappa shape index (κ1) is 27.9. The molecule has 38 heavy (non-hydrogen) atoms. The molecule has 3 aromatic rings. The summed E-state index contributed by atoms with van der Waals surface area (Å²) < 4.78 is 11.2. The number of carbonyl (C=O) groups excluding carboxylic acids is 2. The molecule has 200 valence electrons. The van der Waals surface area contributed by atoms with Crippen LogP contribution in [0.15, 0.2) is 78.9 Å². The van der Waals surface area contributed by atoms with Gasteiger partial charge in [-0.25, -0.2) is 0 Å². The third-order valence-electron chi connectivity index (χ3n) is 6.28. The summed E-state index contributed by atoms with van der Waals surface area (Å²) in [7, 11) is 0. The van der Waals surface area contributed by atoms with E-state index in [1.807, 2.05) is 42.5 Å². The molecule has 1 N–H and O–H groups in total. The first-order valence-corrected chi connectivity index (χ1v) is 13.3. The fourth-order valence-electron chi connectivity index (χ4n) is 4.26. The zero-order valence-electron chi connectivity index (χ0n) is 21.0. The Kier molecular flexibility index (Phi) is 10.4. The molecule has 9 heteroatoms. The molecule has 0 bridgehead atoms. The van der Waals surface area contributed by atoms with Crippen LogP contribution in [0, 0.1) is 0 Å². The Labute approximate surface area is 233 Å². The van der Waals surface area contributed by atoms with E-state index in [1.54, 1.807) is 41.3 Å². The molecule has 0 saturated carbocycles. The highest BCUT2D eigenvalue weighted by Gasteiger charge is 2.32. The number of hydrogen-bond acceptors (Lipinski definition) is 5. The average molecular weight is 556 g/mol. The van der Waals surface area contributed by atoms with Gasteiger partial charge in [0.1, 0.15) is 11.8 Å². The average Bonchev–Trinajstić information content (AvgIpc) is 2.94. The number of amides is 2. The van der Waals surface area contributed by atoms with E-state index in [4.69, 9.17) is 32.7 Å². The first-order valence-electron chi connectivity index (χ1n) is 12.6. The Hall–Kier alpha value is -3.10. The maximum atomic E-state index is 13.7. The van der Waals surface area contributed by atoms with Crippen LogP contribution in [0.5, 0.6) is 5.75 Å². The third kappa shape index (κ3) is 7.95. The van der Waals surface area contributed by atoms with Gasteiger partial charge in [-0.2, -0.15) is 0 Å². The highest BCUT2D eigenvalue weighted by Crippen LogP contribution is 2.26. The quantitative estimate of drug-likeness (QED) is 0.374. The Morgan fingerprint density at radius 3 is 2.34 bits per heavy atom. The maximum absolute atomic E-state index is 13.7. The predicted octanol–water partition coefficient (Wildman–Crippen LogP) is 4.59. The van der Waals surface area contributed by atoms with Crippen LogP contribution < -0.4 is 10.1 Å². The summed E-state index contributed by atoms with van der Waals surface area (Å²) in [5, 5.41) is 4.04. The topological polar surface area (TPSA) is 71.1 Å². The summed E-state index contributed by atoms with van der Waals surface area (Å²) in [6.45, 7) is 4.13. The summed E-state index contributed by atoms with van der Waals surface area (Å²) in [4.78, 5) is 31.1. The van der Waals surface area contributed by atoms with Crippen molar-refractivity contribution in [2.24, 2.45) is 0 Å². The number of nitrogens with zero attached hydrogens (tertiary/aromatic N) is 2. The van der Waals surface area contributed by atoms with Crippen molar-refractivity contribution in [1.82, 2.24) is 15.1 Å². The van der Waals surface area contributed by atoms with Gasteiger partial charge in [-0.15, -0.1) is 0 Å². The van der Waals surface area contributed by atoms with Gasteiger partial charge in [0, 0.05) is 37.7 Å². The van der Waals surface area contributed by atoms with Crippen LogP contribution in [-0.2, 0) is 20.9 Å². The number of ether oxygens (including phenoxy) is 2. The standard InChI is InChI=1S/C29H31Cl2N3O4/c30-24-12-10-22(11-13-24)20-34(27(35)21-38-26-9-5-4-8-25(26)31)28(23-6-2-1-3-7-23)29(36)32-14-15-33-16-18-37-19-17-33/h1-13,28H,14-21H2,(H,32,36). The summed E-state index contributed by atoms with van der Waals surface area (Å²) in [5.41, 5.74) is 1.54. The molecular formula is C29H31Cl2N3O4. The fraction of sp³-hybridized carbons (Fsp3) is 0.310. The number of rotatable bonds is 11. The van der Waals surface area contributed by atoms with Crippen LogP contribution in [0.3, 0.4) is 0 Å². The zero-order valence-corrected chi connectivity index (χ0v) is 22.5. The van der Waals surface area contributed by atoms with Crippen molar-refractivity contribution < 1.29 is 19.1 Å². The predicted molar refractivity (Wildman–Crippen MR) is 148 cm³/mol. The molecule has 1 unspecified atom stereocenters. The van der Waals surface area contributed by atoms with Crippen molar-refractivity contribution in [2.75, 3.05) is 46.0 Å². The van der Waals surface area contributed by atoms with Crippen LogP contribution in [-0.4, -0.2) is 67.6 Å². The number of morpholine rings is 1. The molecule has 0 spiro atoms. The highest BCUT2D eigenvalue weighted by molar-refractivity contribution is 6.32. The van der Waals surface area contributed by atoms with E-state index in [0.29, 0.717) is 47.7 Å². The number of para-hydroxylation sites is 1. The minimum atomic E-state index is -0.862. The molecule has 1 aliphatic rings. The molecule has 0 aromatic heterocycles. The van der Waals surface area contributed by atoms with Gasteiger partial charge < -0.3 is 19.7 Å². The maximum Gasteiger partial charge on any atom is 0.261 e. The normalized spacial score (nSPS) is 14.5. The Morgan fingerprint density at radius 1 is 0.947 bits per heavy atom. The molecule has 0 radical (unpaired) electrons. The molecule has 0 aliphatic carbocycles. The SMILES string of the molecule is O=C(NCCN1CCOCC1)C(c1ccccc1)N(Cc1ccc(Cl)cc1)C(=O)COc1ccccc1Cl. The largest absolute Gasteiger partial charge is 0.482 e. The summed E-state index contributed by atoms with van der Waals surface area (Å²) >= 11 is 12.3. The molecule has 1 atom stereocenters. The number of nitrogens with one attached hydrogen (secondary N) is 1. The zero-order chi connectivity index (χ0) is 26.7. The van der Waals surface area contributed by atoms with Crippen LogP contribution in [0.2, 0.25) is 10.0 Å². The Bertz CT molecular complexity index is 1190. The second kappa shape index (κ2) is 14.2. The van der Waals surface area contributed by atoms with Crippen molar-refractivity contribution >= 4 is 35.0 Å². The number of halogens is 2. The van der Waals surface area contributed by atoms with Crippen LogP contribution in [0.25, 0.3) is 0 Å². The Balaban J connectivity index is 1.56. The van der Waals surface area contributed by atoms with Crippen molar-refractivity contribution in [3.8, 4) is 5.75 Å². The summed E-state index contributed by atoms with van der Waals surface area (Å²) in [6.07, 6.45) is 0. The number of carbonyl (C=O) groups is 2. The lowest BCUT2D eigenvalue weighted by atomic mass is 10.0. The third-order valence-corrected chi connectivity index (χ3v) is 6.84. The van der Waals surface area contributed by atoms with Gasteiger partial charge in [0.25, 0.3) is 5.91 Å². The van der Waals surface area contributed by atoms with Gasteiger partial charge in [0.2, 0.25) is 5.91 Å². The van der Waals surface area contributed by atoms with Crippen molar-refractivity contribution in [1.29, 1.82) is 0 Å². The van der Waals surface area contributed by atoms with Crippen molar-refractivity contribution in [3.05, 3.63) is 100 Å². The smallest absolute Gasteiger partial charge is 0.261 e. The molecule has 4 rings (SSSR count). The fourth-order valence-corrected chi connectivity index (χ4v) is 4.58. The summed E-state index contributed by atoms with van der Waals surface area (Å²) in [6, 6.07) is 22.6. The van der Waals surface area contributed by atoms with E-state index in [9.17, 15) is 9.59 Å². The molecule has 1 heterocycles. The summed E-state index contributed by atoms with van der Waals surface area (Å²) in [5.74, 6) is -0.207. The lowest BCUT2D eigenvalue weighted by Crippen LogP contribution is -2.47. The monoisotopic (exact) mass is 555 g/mol. The molecule has 7 nitrogen and oxygen atoms in total. The van der Waals surface area contributed by atoms with E-state index in [1.165, 1.54) is 0 Å². The van der Waals surface area contributed by atoms with E-state index in [2.05, 4.69) is 10.2 Å². The Morgan fingerprint density at radius 2 is 1.63 bits per heavy atom. The van der Waals surface area contributed by atoms with E-state index < -0.39 is 6.04 Å². The molecule has 1 saturated heterocycles. The number of hydrogen-bond donors (Lipinski definition) is 1. The minimum Gasteiger partial charge on any atom is -0.482 e. The van der Waals surface area contributed by atoms with Crippen LogP contribution >= 0.6 is 23.2 Å². The van der Waals surface area contributed by atoms with E-state index in [-0.39, 0.29) is 25.0 Å².